The van der Waals surface area contributed by atoms with E-state index in [1.165, 1.54) is 33.5 Å². The predicted molar refractivity (Wildman–Crippen MR) is 175 cm³/mol. The van der Waals surface area contributed by atoms with Crippen molar-refractivity contribution < 1.29 is 9.53 Å². The lowest BCUT2D eigenvalue weighted by molar-refractivity contribution is -0.131. The summed E-state index contributed by atoms with van der Waals surface area (Å²) < 4.78 is 5.79. The normalized spacial score (nSPS) is 15.6. The van der Waals surface area contributed by atoms with Crippen LogP contribution in [0.15, 0.2) is 97.1 Å². The number of carbonyl (C=O) groups is 1. The number of hydrogen-bond donors (Lipinski definition) is 0. The number of nitrogens with zero attached hydrogens (tertiary/aromatic N) is 3. The number of anilines is 1. The van der Waals surface area contributed by atoms with Crippen LogP contribution in [-0.4, -0.2) is 55.5 Å². The zero-order valence-electron chi connectivity index (χ0n) is 25.7. The van der Waals surface area contributed by atoms with Crippen molar-refractivity contribution in [2.24, 2.45) is 0 Å². The average Bonchev–Trinajstić information content (AvgIpc) is 3.06. The van der Waals surface area contributed by atoms with E-state index in [-0.39, 0.29) is 11.9 Å². The summed E-state index contributed by atoms with van der Waals surface area (Å²) in [6.07, 6.45) is 1.25. The third kappa shape index (κ3) is 6.33. The summed E-state index contributed by atoms with van der Waals surface area (Å²) in [7, 11) is 1.75. The van der Waals surface area contributed by atoms with Gasteiger partial charge in [0.15, 0.2) is 0 Å². The van der Waals surface area contributed by atoms with Crippen LogP contribution in [0.3, 0.4) is 0 Å². The maximum Gasteiger partial charge on any atom is 0.227 e. The molecule has 0 N–H and O–H groups in total. The van der Waals surface area contributed by atoms with Crippen LogP contribution in [0, 0.1) is 0 Å². The molecule has 0 saturated carbocycles. The van der Waals surface area contributed by atoms with E-state index < -0.39 is 0 Å². The molecule has 2 aliphatic heterocycles. The summed E-state index contributed by atoms with van der Waals surface area (Å²) in [6, 6.07) is 34.8. The molecule has 0 aromatic heterocycles. The molecule has 6 rings (SSSR count). The van der Waals surface area contributed by atoms with Gasteiger partial charge in [-0.2, -0.15) is 0 Å². The number of amides is 1. The van der Waals surface area contributed by atoms with Gasteiger partial charge in [0, 0.05) is 56.1 Å². The molecule has 0 radical (unpaired) electrons. The Bertz CT molecular complexity index is 1470. The fraction of sp³-hybridized carbons (Fsp3) is 0.342. The lowest BCUT2D eigenvalue weighted by atomic mass is 9.94. The van der Waals surface area contributed by atoms with Gasteiger partial charge in [-0.3, -0.25) is 9.69 Å². The van der Waals surface area contributed by atoms with Gasteiger partial charge >= 0.3 is 0 Å². The van der Waals surface area contributed by atoms with Gasteiger partial charge in [-0.05, 0) is 46.7 Å². The Morgan fingerprint density at radius 3 is 1.93 bits per heavy atom. The van der Waals surface area contributed by atoms with E-state index in [1.807, 2.05) is 4.90 Å². The topological polar surface area (TPSA) is 36.0 Å². The number of piperazine rings is 1. The molecule has 0 aliphatic carbocycles. The van der Waals surface area contributed by atoms with Crippen molar-refractivity contribution in [2.75, 3.05) is 44.7 Å². The highest BCUT2D eigenvalue weighted by Crippen LogP contribution is 2.37. The Morgan fingerprint density at radius 2 is 1.35 bits per heavy atom. The highest BCUT2D eigenvalue weighted by Gasteiger charge is 2.30. The van der Waals surface area contributed by atoms with Crippen LogP contribution >= 0.6 is 0 Å². The summed E-state index contributed by atoms with van der Waals surface area (Å²) >= 11 is 0. The van der Waals surface area contributed by atoms with E-state index in [1.54, 1.807) is 7.11 Å². The van der Waals surface area contributed by atoms with Gasteiger partial charge in [0.1, 0.15) is 5.75 Å². The predicted octanol–water partition coefficient (Wildman–Crippen LogP) is 6.86. The van der Waals surface area contributed by atoms with Crippen molar-refractivity contribution in [3.8, 4) is 5.75 Å². The van der Waals surface area contributed by atoms with Gasteiger partial charge < -0.3 is 14.5 Å². The molecule has 2 aliphatic rings. The van der Waals surface area contributed by atoms with E-state index in [9.17, 15) is 4.79 Å². The zero-order chi connectivity index (χ0) is 29.8. The molecule has 4 aromatic rings. The molecule has 0 spiro atoms. The van der Waals surface area contributed by atoms with Crippen molar-refractivity contribution >= 4 is 11.6 Å². The van der Waals surface area contributed by atoms with Gasteiger partial charge in [-0.1, -0.05) is 98.8 Å². The first-order valence-electron chi connectivity index (χ1n) is 15.7. The molecular formula is C38H43N3O2. The Kier molecular flexibility index (Phi) is 8.80. The SMILES string of the molecule is COc1ccc(N2CCN(C(c3ccccc3)c3ccccc3)CC2)c2c1CCN(C(=O)Cc1ccc(C(C)C)cc1)C2. The molecule has 43 heavy (non-hydrogen) atoms. The molecule has 0 unspecified atom stereocenters. The zero-order valence-corrected chi connectivity index (χ0v) is 25.7. The Hall–Kier alpha value is -4.09. The number of fused-ring (bicyclic) bond motifs is 1. The number of carbonyl (C=O) groups excluding carboxylic acids is 1. The molecule has 1 amide bonds. The maximum absolute atomic E-state index is 13.5. The van der Waals surface area contributed by atoms with Crippen LogP contribution in [-0.2, 0) is 24.2 Å². The van der Waals surface area contributed by atoms with Gasteiger partial charge in [0.2, 0.25) is 5.91 Å². The highest BCUT2D eigenvalue weighted by molar-refractivity contribution is 5.80. The van der Waals surface area contributed by atoms with E-state index >= 15 is 0 Å². The summed E-state index contributed by atoms with van der Waals surface area (Å²) in [5, 5.41) is 0. The van der Waals surface area contributed by atoms with Crippen LogP contribution < -0.4 is 9.64 Å². The molecular weight excluding hydrogens is 530 g/mol. The Labute approximate surface area is 256 Å². The van der Waals surface area contributed by atoms with Crippen LogP contribution in [0.5, 0.6) is 5.75 Å². The molecule has 0 atom stereocenters. The minimum Gasteiger partial charge on any atom is -0.496 e. The molecule has 2 heterocycles. The summed E-state index contributed by atoms with van der Waals surface area (Å²) in [5.41, 5.74) is 8.77. The molecule has 1 saturated heterocycles. The number of hydrogen-bond acceptors (Lipinski definition) is 4. The van der Waals surface area contributed by atoms with E-state index in [0.29, 0.717) is 18.9 Å². The molecule has 1 fully saturated rings. The third-order valence-electron chi connectivity index (χ3n) is 9.17. The number of rotatable bonds is 8. The second-order valence-corrected chi connectivity index (χ2v) is 12.1. The Balaban J connectivity index is 1.19. The van der Waals surface area contributed by atoms with Gasteiger partial charge in [-0.25, -0.2) is 0 Å². The van der Waals surface area contributed by atoms with Crippen LogP contribution in [0.25, 0.3) is 0 Å². The molecule has 5 heteroatoms. The van der Waals surface area contributed by atoms with Gasteiger partial charge in [0.05, 0.1) is 19.6 Å². The number of ether oxygens (including phenoxy) is 1. The van der Waals surface area contributed by atoms with E-state index in [2.05, 4.69) is 121 Å². The second-order valence-electron chi connectivity index (χ2n) is 12.1. The first kappa shape index (κ1) is 29.0. The monoisotopic (exact) mass is 573 g/mol. The van der Waals surface area contributed by atoms with Gasteiger partial charge in [-0.15, -0.1) is 0 Å². The minimum atomic E-state index is 0.190. The van der Waals surface area contributed by atoms with Crippen LogP contribution in [0.4, 0.5) is 5.69 Å². The Morgan fingerprint density at radius 1 is 0.721 bits per heavy atom. The third-order valence-corrected chi connectivity index (χ3v) is 9.17. The first-order valence-corrected chi connectivity index (χ1v) is 15.7. The van der Waals surface area contributed by atoms with Crippen molar-refractivity contribution in [2.45, 2.75) is 45.2 Å². The number of benzene rings is 4. The fourth-order valence-electron chi connectivity index (χ4n) is 6.74. The quantitative estimate of drug-likeness (QED) is 0.231. The van der Waals surface area contributed by atoms with Gasteiger partial charge in [0.25, 0.3) is 0 Å². The molecule has 5 nitrogen and oxygen atoms in total. The molecule has 0 bridgehead atoms. The summed E-state index contributed by atoms with van der Waals surface area (Å²) in [4.78, 5) is 20.7. The van der Waals surface area contributed by atoms with Crippen LogP contribution in [0.1, 0.15) is 59.2 Å². The van der Waals surface area contributed by atoms with E-state index in [0.717, 1.165) is 50.5 Å². The summed E-state index contributed by atoms with van der Waals surface area (Å²) in [6.45, 7) is 9.54. The molecule has 222 valence electrons. The fourth-order valence-corrected chi connectivity index (χ4v) is 6.74. The van der Waals surface area contributed by atoms with E-state index in [4.69, 9.17) is 4.74 Å². The average molecular weight is 574 g/mol. The van der Waals surface area contributed by atoms with Crippen molar-refractivity contribution in [3.63, 3.8) is 0 Å². The van der Waals surface area contributed by atoms with Crippen molar-refractivity contribution in [1.29, 1.82) is 0 Å². The lowest BCUT2D eigenvalue weighted by Crippen LogP contribution is -2.48. The summed E-state index contributed by atoms with van der Waals surface area (Å²) in [5.74, 6) is 1.61. The largest absolute Gasteiger partial charge is 0.496 e. The van der Waals surface area contributed by atoms with Crippen molar-refractivity contribution in [3.05, 3.63) is 130 Å². The maximum atomic E-state index is 13.5. The van der Waals surface area contributed by atoms with Crippen LogP contribution in [0.2, 0.25) is 0 Å². The second kappa shape index (κ2) is 13.0. The lowest BCUT2D eigenvalue weighted by Gasteiger charge is -2.42. The molecule has 4 aromatic carbocycles. The highest BCUT2D eigenvalue weighted by atomic mass is 16.5. The minimum absolute atomic E-state index is 0.190. The number of methoxy groups -OCH3 is 1. The van der Waals surface area contributed by atoms with Crippen molar-refractivity contribution in [1.82, 2.24) is 9.80 Å². The smallest absolute Gasteiger partial charge is 0.227 e. The first-order chi connectivity index (χ1) is 21.0. The standard InChI is InChI=1S/C38H43N3O2/c1-28(2)30-16-14-29(15-17-30)26-37(42)41-21-20-33-34(27-41)35(18-19-36(33)43-3)39-22-24-40(25-23-39)38(31-10-6-4-7-11-31)32-12-8-5-9-13-32/h4-19,28,38H,20-27H2,1-3H3.